The fourth-order valence-electron chi connectivity index (χ4n) is 3.60. The van der Waals surface area contributed by atoms with Gasteiger partial charge in [0.25, 0.3) is 5.91 Å². The van der Waals surface area contributed by atoms with Gasteiger partial charge in [0.2, 0.25) is 0 Å². The quantitative estimate of drug-likeness (QED) is 0.504. The molecular weight excluding hydrogens is 364 g/mol. The molecule has 0 saturated heterocycles. The molecule has 0 atom stereocenters. The molecule has 4 rings (SSSR count). The maximum absolute atomic E-state index is 12.9. The van der Waals surface area contributed by atoms with Crippen molar-refractivity contribution in [1.82, 2.24) is 9.88 Å². The Kier molecular flexibility index (Phi) is 5.38. The molecule has 5 nitrogen and oxygen atoms in total. The first-order valence-corrected chi connectivity index (χ1v) is 9.68. The topological polar surface area (TPSA) is 56.4 Å². The molecule has 0 fully saturated rings. The van der Waals surface area contributed by atoms with Crippen LogP contribution >= 0.6 is 0 Å². The zero-order valence-corrected chi connectivity index (χ0v) is 16.6. The lowest BCUT2D eigenvalue weighted by Crippen LogP contribution is -2.28. The van der Waals surface area contributed by atoms with Crippen LogP contribution in [0.25, 0.3) is 11.1 Å². The van der Waals surface area contributed by atoms with E-state index >= 15 is 0 Å². The summed E-state index contributed by atoms with van der Waals surface area (Å²) >= 11 is 0. The summed E-state index contributed by atoms with van der Waals surface area (Å²) in [6, 6.07) is 19.8. The van der Waals surface area contributed by atoms with Gasteiger partial charge in [-0.2, -0.15) is 0 Å². The van der Waals surface area contributed by atoms with Crippen molar-refractivity contribution >= 4 is 17.0 Å². The maximum atomic E-state index is 12.9. The molecule has 1 N–H and O–H groups in total. The Balaban J connectivity index is 1.53. The van der Waals surface area contributed by atoms with Gasteiger partial charge in [-0.15, -0.1) is 0 Å². The van der Waals surface area contributed by atoms with Gasteiger partial charge in [0.1, 0.15) is 11.4 Å². The van der Waals surface area contributed by atoms with Crippen LogP contribution < -0.4 is 10.1 Å². The van der Waals surface area contributed by atoms with Crippen molar-refractivity contribution in [2.24, 2.45) is 0 Å². The molecule has 0 radical (unpaired) electrons. The van der Waals surface area contributed by atoms with Crippen molar-refractivity contribution in [3.63, 3.8) is 0 Å². The number of rotatable bonds is 7. The third-order valence-electron chi connectivity index (χ3n) is 5.22. The third-order valence-corrected chi connectivity index (χ3v) is 5.22. The normalized spacial score (nSPS) is 11.0. The number of carbonyl (C=O) groups is 1. The van der Waals surface area contributed by atoms with Crippen LogP contribution in [0, 0.1) is 6.92 Å². The number of furan rings is 1. The smallest absolute Gasteiger partial charge is 0.268 e. The first-order valence-electron chi connectivity index (χ1n) is 9.68. The fourth-order valence-corrected chi connectivity index (χ4v) is 3.60. The SMILES string of the molecule is COc1ccccc1CCNC(=O)c1cc2occc2n1Cc1ccccc1C. The van der Waals surface area contributed by atoms with E-state index in [0.717, 1.165) is 16.8 Å². The Hall–Kier alpha value is -3.47. The first kappa shape index (κ1) is 18.9. The van der Waals surface area contributed by atoms with E-state index in [0.29, 0.717) is 30.8 Å². The van der Waals surface area contributed by atoms with Gasteiger partial charge in [-0.1, -0.05) is 42.5 Å². The maximum Gasteiger partial charge on any atom is 0.268 e. The lowest BCUT2D eigenvalue weighted by molar-refractivity contribution is 0.0945. The number of methoxy groups -OCH3 is 1. The number of hydrogen-bond donors (Lipinski definition) is 1. The molecule has 1 amide bonds. The highest BCUT2D eigenvalue weighted by atomic mass is 16.5. The Morgan fingerprint density at radius 2 is 1.83 bits per heavy atom. The fraction of sp³-hybridized carbons (Fsp3) is 0.208. The molecule has 0 aliphatic carbocycles. The highest BCUT2D eigenvalue weighted by molar-refractivity contribution is 5.97. The highest BCUT2D eigenvalue weighted by Gasteiger charge is 2.18. The number of nitrogens with one attached hydrogen (secondary N) is 1. The van der Waals surface area contributed by atoms with Gasteiger partial charge in [-0.25, -0.2) is 0 Å². The predicted molar refractivity (Wildman–Crippen MR) is 114 cm³/mol. The number of ether oxygens (including phenoxy) is 1. The average Bonchev–Trinajstić information content (AvgIpc) is 3.32. The van der Waals surface area contributed by atoms with Crippen molar-refractivity contribution < 1.29 is 13.9 Å². The minimum absolute atomic E-state index is 0.111. The molecular formula is C24H24N2O3. The van der Waals surface area contributed by atoms with Gasteiger partial charge < -0.3 is 19.0 Å². The van der Waals surface area contributed by atoms with E-state index in [-0.39, 0.29) is 5.91 Å². The number of hydrogen-bond acceptors (Lipinski definition) is 3. The molecule has 2 aromatic heterocycles. The number of fused-ring (bicyclic) bond motifs is 1. The predicted octanol–water partition coefficient (Wildman–Crippen LogP) is 4.57. The van der Waals surface area contributed by atoms with Gasteiger partial charge >= 0.3 is 0 Å². The Morgan fingerprint density at radius 1 is 1.07 bits per heavy atom. The monoisotopic (exact) mass is 388 g/mol. The van der Waals surface area contributed by atoms with Crippen LogP contribution in [0.1, 0.15) is 27.2 Å². The van der Waals surface area contributed by atoms with E-state index in [4.69, 9.17) is 9.15 Å². The largest absolute Gasteiger partial charge is 0.496 e. The minimum Gasteiger partial charge on any atom is -0.496 e. The number of aryl methyl sites for hydroxylation is 1. The molecule has 2 heterocycles. The molecule has 0 aliphatic rings. The molecule has 148 valence electrons. The molecule has 29 heavy (non-hydrogen) atoms. The molecule has 2 aromatic carbocycles. The Labute approximate surface area is 169 Å². The summed E-state index contributed by atoms with van der Waals surface area (Å²) in [7, 11) is 1.66. The Bertz CT molecular complexity index is 1140. The number of amides is 1. The molecule has 0 saturated carbocycles. The van der Waals surface area contributed by atoms with Crippen LogP contribution in [0.15, 0.2) is 71.3 Å². The van der Waals surface area contributed by atoms with Crippen molar-refractivity contribution in [2.45, 2.75) is 19.9 Å². The zero-order valence-electron chi connectivity index (χ0n) is 16.6. The van der Waals surface area contributed by atoms with Gasteiger partial charge in [0.15, 0.2) is 5.58 Å². The summed E-state index contributed by atoms with van der Waals surface area (Å²) in [5.41, 5.74) is 5.67. The molecule has 0 unspecified atom stereocenters. The number of nitrogens with zero attached hydrogens (tertiary/aromatic N) is 1. The summed E-state index contributed by atoms with van der Waals surface area (Å²) < 4.78 is 12.9. The van der Waals surface area contributed by atoms with Gasteiger partial charge in [0, 0.05) is 25.2 Å². The van der Waals surface area contributed by atoms with Crippen LogP contribution in [0.5, 0.6) is 5.75 Å². The lowest BCUT2D eigenvalue weighted by Gasteiger charge is -2.13. The third kappa shape index (κ3) is 3.90. The van der Waals surface area contributed by atoms with E-state index in [2.05, 4.69) is 24.4 Å². The van der Waals surface area contributed by atoms with Gasteiger partial charge in [0.05, 0.1) is 18.9 Å². The standard InChI is InChI=1S/C24H24N2O3/c1-17-7-3-4-9-19(17)16-26-20-12-14-29-23(20)15-21(26)24(27)25-13-11-18-8-5-6-10-22(18)28-2/h3-10,12,14-15H,11,13,16H2,1-2H3,(H,25,27). The number of aromatic nitrogens is 1. The number of carbonyl (C=O) groups excluding carboxylic acids is 1. The second kappa shape index (κ2) is 8.27. The van der Waals surface area contributed by atoms with E-state index in [9.17, 15) is 4.79 Å². The van der Waals surface area contributed by atoms with Gasteiger partial charge in [-0.05, 0) is 36.1 Å². The van der Waals surface area contributed by atoms with Crippen LogP contribution in [0.2, 0.25) is 0 Å². The zero-order chi connectivity index (χ0) is 20.2. The second-order valence-corrected chi connectivity index (χ2v) is 7.03. The average molecular weight is 388 g/mol. The van der Waals surface area contributed by atoms with Crippen molar-refractivity contribution in [1.29, 1.82) is 0 Å². The summed E-state index contributed by atoms with van der Waals surface area (Å²) in [6.45, 7) is 3.22. The van der Waals surface area contributed by atoms with Crippen molar-refractivity contribution in [3.05, 3.63) is 89.3 Å². The molecule has 0 bridgehead atoms. The Morgan fingerprint density at radius 3 is 2.62 bits per heavy atom. The molecule has 5 heteroatoms. The van der Waals surface area contributed by atoms with Crippen molar-refractivity contribution in [3.8, 4) is 5.75 Å². The van der Waals surface area contributed by atoms with E-state index in [1.165, 1.54) is 11.1 Å². The molecule has 4 aromatic rings. The summed E-state index contributed by atoms with van der Waals surface area (Å²) in [4.78, 5) is 12.9. The van der Waals surface area contributed by atoms with Crippen LogP contribution in [-0.4, -0.2) is 24.1 Å². The van der Waals surface area contributed by atoms with Crippen LogP contribution in [-0.2, 0) is 13.0 Å². The number of para-hydroxylation sites is 1. The second-order valence-electron chi connectivity index (χ2n) is 7.03. The highest BCUT2D eigenvalue weighted by Crippen LogP contribution is 2.23. The molecule has 0 aliphatic heterocycles. The first-order chi connectivity index (χ1) is 14.2. The van der Waals surface area contributed by atoms with Crippen LogP contribution in [0.3, 0.4) is 0 Å². The van der Waals surface area contributed by atoms with Crippen LogP contribution in [0.4, 0.5) is 0 Å². The summed E-state index contributed by atoms with van der Waals surface area (Å²) in [6.07, 6.45) is 2.35. The van der Waals surface area contributed by atoms with Crippen molar-refractivity contribution in [2.75, 3.05) is 13.7 Å². The van der Waals surface area contributed by atoms with E-state index < -0.39 is 0 Å². The summed E-state index contributed by atoms with van der Waals surface area (Å²) in [5, 5.41) is 3.03. The molecule has 0 spiro atoms. The lowest BCUT2D eigenvalue weighted by atomic mass is 10.1. The van der Waals surface area contributed by atoms with E-state index in [1.54, 1.807) is 13.4 Å². The number of benzene rings is 2. The summed E-state index contributed by atoms with van der Waals surface area (Å²) in [5.74, 6) is 0.724. The van der Waals surface area contributed by atoms with Gasteiger partial charge in [-0.3, -0.25) is 4.79 Å². The van der Waals surface area contributed by atoms with E-state index in [1.807, 2.05) is 53.1 Å². The minimum atomic E-state index is -0.111.